The Bertz CT molecular complexity index is 1290. The molecule has 136 valence electrons. The van der Waals surface area contributed by atoms with Gasteiger partial charge in [-0.3, -0.25) is 14.9 Å². The first-order valence-corrected chi connectivity index (χ1v) is 9.60. The molecule has 0 saturated heterocycles. The first kappa shape index (κ1) is 17.1. The van der Waals surface area contributed by atoms with Crippen molar-refractivity contribution in [1.82, 2.24) is 25.0 Å². The van der Waals surface area contributed by atoms with Gasteiger partial charge in [0, 0.05) is 17.3 Å². The van der Waals surface area contributed by atoms with E-state index in [4.69, 9.17) is 0 Å². The zero-order valence-corrected chi connectivity index (χ0v) is 15.1. The molecular formula is C18H15N5O3S. The summed E-state index contributed by atoms with van der Waals surface area (Å²) in [5.74, 6) is 0. The number of fused-ring (bicyclic) bond motifs is 1. The van der Waals surface area contributed by atoms with Gasteiger partial charge in [0.2, 0.25) is 9.84 Å². The molecule has 0 spiro atoms. The number of hydrogen-bond donors (Lipinski definition) is 1. The summed E-state index contributed by atoms with van der Waals surface area (Å²) in [4.78, 5) is 17.2. The molecule has 0 radical (unpaired) electrons. The number of aromatic amines is 1. The molecular weight excluding hydrogens is 366 g/mol. The molecule has 4 aromatic rings. The third kappa shape index (κ3) is 3.13. The van der Waals surface area contributed by atoms with E-state index in [0.717, 1.165) is 11.4 Å². The fraction of sp³-hybridized carbons (Fsp3) is 0.111. The first-order valence-electron chi connectivity index (χ1n) is 8.11. The number of pyridine rings is 1. The van der Waals surface area contributed by atoms with Crippen LogP contribution < -0.4 is 5.56 Å². The highest BCUT2D eigenvalue weighted by Crippen LogP contribution is 2.22. The van der Waals surface area contributed by atoms with E-state index in [9.17, 15) is 13.2 Å². The van der Waals surface area contributed by atoms with Gasteiger partial charge in [-0.15, -0.1) is 0 Å². The summed E-state index contributed by atoms with van der Waals surface area (Å²) in [5, 5.41) is 11.2. The average molecular weight is 381 g/mol. The molecule has 9 heteroatoms. The lowest BCUT2D eigenvalue weighted by Gasteiger charge is -2.08. The van der Waals surface area contributed by atoms with Gasteiger partial charge in [-0.25, -0.2) is 13.1 Å². The fourth-order valence-corrected chi connectivity index (χ4v) is 4.01. The lowest BCUT2D eigenvalue weighted by atomic mass is 10.2. The molecule has 27 heavy (non-hydrogen) atoms. The maximum absolute atomic E-state index is 12.7. The standard InChI is InChI=1S/C18H15N5O3S/c1-12-3-2-4-14(22-12)11-23-18(24)17-6-5-15(7-13(17)8-21-23)27(25,26)16-9-19-20-10-16/h2-10H,11H2,1H3,(H,19,20). The van der Waals surface area contributed by atoms with Gasteiger partial charge in [0.1, 0.15) is 4.90 Å². The predicted octanol–water partition coefficient (Wildman–Crippen LogP) is 1.70. The summed E-state index contributed by atoms with van der Waals surface area (Å²) in [6.07, 6.45) is 4.04. The fourth-order valence-electron chi connectivity index (χ4n) is 2.81. The number of nitrogens with zero attached hydrogens (tertiary/aromatic N) is 4. The molecule has 8 nitrogen and oxygen atoms in total. The van der Waals surface area contributed by atoms with Gasteiger partial charge in [-0.2, -0.15) is 10.2 Å². The second-order valence-electron chi connectivity index (χ2n) is 6.06. The number of sulfone groups is 1. The van der Waals surface area contributed by atoms with Crippen LogP contribution in [0.2, 0.25) is 0 Å². The van der Waals surface area contributed by atoms with Crippen molar-refractivity contribution in [3.8, 4) is 0 Å². The van der Waals surface area contributed by atoms with Crippen LogP contribution in [0.25, 0.3) is 10.8 Å². The Morgan fingerprint density at radius 1 is 1.11 bits per heavy atom. The minimum absolute atomic E-state index is 0.0636. The summed E-state index contributed by atoms with van der Waals surface area (Å²) >= 11 is 0. The predicted molar refractivity (Wildman–Crippen MR) is 98.1 cm³/mol. The molecule has 0 fully saturated rings. The van der Waals surface area contributed by atoms with Crippen LogP contribution in [-0.4, -0.2) is 33.4 Å². The number of H-pyrrole nitrogens is 1. The molecule has 1 N–H and O–H groups in total. The monoisotopic (exact) mass is 381 g/mol. The number of rotatable bonds is 4. The number of aryl methyl sites for hydroxylation is 1. The van der Waals surface area contributed by atoms with Crippen LogP contribution in [0.5, 0.6) is 0 Å². The van der Waals surface area contributed by atoms with Gasteiger partial charge in [0.15, 0.2) is 0 Å². The molecule has 1 aromatic carbocycles. The van der Waals surface area contributed by atoms with Gasteiger partial charge in [0.25, 0.3) is 5.56 Å². The molecule has 0 saturated carbocycles. The van der Waals surface area contributed by atoms with Crippen molar-refractivity contribution in [3.05, 3.63) is 76.7 Å². The molecule has 0 atom stereocenters. The number of nitrogens with one attached hydrogen (secondary N) is 1. The third-order valence-electron chi connectivity index (χ3n) is 4.18. The Morgan fingerprint density at radius 3 is 2.70 bits per heavy atom. The molecule has 4 rings (SSSR count). The maximum Gasteiger partial charge on any atom is 0.274 e. The van der Waals surface area contributed by atoms with Crippen molar-refractivity contribution in [2.75, 3.05) is 0 Å². The van der Waals surface area contributed by atoms with Crippen LogP contribution in [0.1, 0.15) is 11.4 Å². The van der Waals surface area contributed by atoms with Crippen molar-refractivity contribution < 1.29 is 8.42 Å². The van der Waals surface area contributed by atoms with Gasteiger partial charge in [-0.1, -0.05) is 6.07 Å². The highest BCUT2D eigenvalue weighted by Gasteiger charge is 2.19. The summed E-state index contributed by atoms with van der Waals surface area (Å²) in [5.41, 5.74) is 1.28. The second-order valence-corrected chi connectivity index (χ2v) is 8.01. The zero-order chi connectivity index (χ0) is 19.0. The lowest BCUT2D eigenvalue weighted by Crippen LogP contribution is -2.23. The van der Waals surface area contributed by atoms with Crippen LogP contribution in [0.15, 0.2) is 69.6 Å². The third-order valence-corrected chi connectivity index (χ3v) is 5.89. The Hall–Kier alpha value is -3.33. The smallest absolute Gasteiger partial charge is 0.274 e. The SMILES string of the molecule is Cc1cccc(Cn2ncc3cc(S(=O)(=O)c4cn[nH]c4)ccc3c2=O)n1. The van der Waals surface area contributed by atoms with Crippen LogP contribution in [-0.2, 0) is 16.4 Å². The normalized spacial score (nSPS) is 11.7. The van der Waals surface area contributed by atoms with Crippen molar-refractivity contribution in [3.63, 3.8) is 0 Å². The van der Waals surface area contributed by atoms with Gasteiger partial charge >= 0.3 is 0 Å². The number of benzene rings is 1. The van der Waals surface area contributed by atoms with Gasteiger partial charge in [-0.05, 0) is 37.3 Å². The van der Waals surface area contributed by atoms with Gasteiger partial charge < -0.3 is 0 Å². The van der Waals surface area contributed by atoms with Crippen LogP contribution in [0.4, 0.5) is 0 Å². The highest BCUT2D eigenvalue weighted by molar-refractivity contribution is 7.91. The Kier molecular flexibility index (Phi) is 4.08. The van der Waals surface area contributed by atoms with E-state index in [0.29, 0.717) is 10.8 Å². The number of hydrogen-bond acceptors (Lipinski definition) is 6. The number of aromatic nitrogens is 5. The Morgan fingerprint density at radius 2 is 1.96 bits per heavy atom. The second kappa shape index (κ2) is 6.44. The van der Waals surface area contributed by atoms with E-state index in [2.05, 4.69) is 20.3 Å². The maximum atomic E-state index is 12.7. The van der Waals surface area contributed by atoms with Gasteiger partial charge in [0.05, 0.1) is 34.9 Å². The molecule has 3 aromatic heterocycles. The Labute approximate surface area is 154 Å². The van der Waals surface area contributed by atoms with E-state index in [1.807, 2.05) is 25.1 Å². The van der Waals surface area contributed by atoms with E-state index in [1.165, 1.54) is 41.5 Å². The van der Waals surface area contributed by atoms with E-state index < -0.39 is 9.84 Å². The van der Waals surface area contributed by atoms with Crippen molar-refractivity contribution in [2.45, 2.75) is 23.3 Å². The van der Waals surface area contributed by atoms with Crippen molar-refractivity contribution in [1.29, 1.82) is 0 Å². The quantitative estimate of drug-likeness (QED) is 0.576. The zero-order valence-electron chi connectivity index (χ0n) is 14.3. The van der Waals surface area contributed by atoms with Crippen molar-refractivity contribution in [2.24, 2.45) is 0 Å². The molecule has 0 amide bonds. The average Bonchev–Trinajstić information content (AvgIpc) is 3.19. The molecule has 0 aliphatic rings. The minimum atomic E-state index is -3.70. The van der Waals surface area contributed by atoms with Crippen LogP contribution >= 0.6 is 0 Å². The van der Waals surface area contributed by atoms with E-state index >= 15 is 0 Å². The first-order chi connectivity index (χ1) is 12.9. The van der Waals surface area contributed by atoms with Crippen LogP contribution in [0, 0.1) is 6.92 Å². The highest BCUT2D eigenvalue weighted by atomic mass is 32.2. The van der Waals surface area contributed by atoms with Crippen LogP contribution in [0.3, 0.4) is 0 Å². The summed E-state index contributed by atoms with van der Waals surface area (Å²) in [6, 6.07) is 9.94. The minimum Gasteiger partial charge on any atom is -0.284 e. The molecule has 3 heterocycles. The molecule has 0 aliphatic carbocycles. The largest absolute Gasteiger partial charge is 0.284 e. The molecule has 0 aliphatic heterocycles. The lowest BCUT2D eigenvalue weighted by molar-refractivity contribution is 0.596. The topological polar surface area (TPSA) is 111 Å². The van der Waals surface area contributed by atoms with E-state index in [1.54, 1.807) is 0 Å². The molecule has 0 unspecified atom stereocenters. The summed E-state index contributed by atoms with van der Waals surface area (Å²) < 4.78 is 26.5. The summed E-state index contributed by atoms with van der Waals surface area (Å²) in [6.45, 7) is 2.12. The summed E-state index contributed by atoms with van der Waals surface area (Å²) in [7, 11) is -3.70. The molecule has 0 bridgehead atoms. The Balaban J connectivity index is 1.76. The van der Waals surface area contributed by atoms with Crippen molar-refractivity contribution >= 4 is 20.6 Å². The van der Waals surface area contributed by atoms with E-state index in [-0.39, 0.29) is 21.9 Å².